The quantitative estimate of drug-likeness (QED) is 0.190. The molecule has 1 atom stereocenters. The van der Waals surface area contributed by atoms with Crippen LogP contribution in [0.2, 0.25) is 0 Å². The molecule has 0 aliphatic carbocycles. The van der Waals surface area contributed by atoms with Gasteiger partial charge in [0.15, 0.2) is 10.9 Å². The summed E-state index contributed by atoms with van der Waals surface area (Å²) in [4.78, 5) is 18.4. The van der Waals surface area contributed by atoms with Crippen LogP contribution in [-0.4, -0.2) is 49.2 Å². The summed E-state index contributed by atoms with van der Waals surface area (Å²) >= 11 is 0. The van der Waals surface area contributed by atoms with Gasteiger partial charge in [-0.3, -0.25) is 9.13 Å². The van der Waals surface area contributed by atoms with Gasteiger partial charge >= 0.3 is 21.2 Å². The number of benzene rings is 2. The van der Waals surface area contributed by atoms with Crippen molar-refractivity contribution in [2.24, 2.45) is 4.99 Å². The summed E-state index contributed by atoms with van der Waals surface area (Å²) in [7, 11) is -8.24. The maximum absolute atomic E-state index is 14.2. The molecule has 0 N–H and O–H groups in total. The first-order valence-corrected chi connectivity index (χ1v) is 15.7. The lowest BCUT2D eigenvalue weighted by Crippen LogP contribution is -2.40. The highest BCUT2D eigenvalue weighted by atomic mass is 31.2. The Hall–Kier alpha value is -2.12. The van der Waals surface area contributed by atoms with Crippen LogP contribution in [0.5, 0.6) is 0 Å². The number of hydrogen-bond donors (Lipinski definition) is 0. The van der Waals surface area contributed by atoms with Crippen molar-refractivity contribution in [1.82, 2.24) is 0 Å². The lowest BCUT2D eigenvalue weighted by Gasteiger charge is -2.35. The Morgan fingerprint density at radius 1 is 0.784 bits per heavy atom. The average molecular weight is 552 g/mol. The van der Waals surface area contributed by atoms with E-state index in [9.17, 15) is 13.9 Å². The summed E-state index contributed by atoms with van der Waals surface area (Å²) in [5, 5.41) is -1.42. The molecule has 0 spiro atoms. The highest BCUT2D eigenvalue weighted by Gasteiger charge is 2.58. The molecule has 0 bridgehead atoms. The van der Waals surface area contributed by atoms with Crippen molar-refractivity contribution >= 4 is 27.1 Å². The van der Waals surface area contributed by atoms with Crippen molar-refractivity contribution in [3.8, 4) is 0 Å². The van der Waals surface area contributed by atoms with Gasteiger partial charge in [0.1, 0.15) is 0 Å². The molecule has 0 saturated carbocycles. The van der Waals surface area contributed by atoms with Gasteiger partial charge in [-0.05, 0) is 45.4 Å². The summed E-state index contributed by atoms with van der Waals surface area (Å²) in [6.07, 6.45) is -0.193. The van der Waals surface area contributed by atoms with Crippen molar-refractivity contribution in [3.05, 3.63) is 71.8 Å². The van der Waals surface area contributed by atoms with Crippen LogP contribution in [0.1, 0.15) is 45.2 Å². The number of cyclic esters (lactones) is 1. The van der Waals surface area contributed by atoms with E-state index in [-0.39, 0.29) is 45.2 Å². The van der Waals surface area contributed by atoms with Gasteiger partial charge in [-0.25, -0.2) is 9.79 Å². The minimum Gasteiger partial charge on any atom is -0.405 e. The second-order valence-electron chi connectivity index (χ2n) is 8.30. The zero-order valence-electron chi connectivity index (χ0n) is 21.7. The monoisotopic (exact) mass is 551 g/mol. The fourth-order valence-corrected chi connectivity index (χ4v) is 9.75. The Morgan fingerprint density at radius 3 is 1.70 bits per heavy atom. The molecule has 9 nitrogen and oxygen atoms in total. The normalized spacial score (nSPS) is 18.2. The van der Waals surface area contributed by atoms with E-state index in [4.69, 9.17) is 27.8 Å². The lowest BCUT2D eigenvalue weighted by molar-refractivity contribution is -0.139. The van der Waals surface area contributed by atoms with Gasteiger partial charge in [-0.2, -0.15) is 0 Å². The molecule has 2 aromatic carbocycles. The van der Waals surface area contributed by atoms with Crippen molar-refractivity contribution < 1.29 is 36.8 Å². The lowest BCUT2D eigenvalue weighted by atomic mass is 9.89. The first-order chi connectivity index (χ1) is 17.8. The largest absolute Gasteiger partial charge is 0.405 e. The van der Waals surface area contributed by atoms with Gasteiger partial charge in [-0.15, -0.1) is 0 Å². The Labute approximate surface area is 218 Å². The Kier molecular flexibility index (Phi) is 10.4. The molecule has 37 heavy (non-hydrogen) atoms. The molecular formula is C26H35NO8P2. The average Bonchev–Trinajstić information content (AvgIpc) is 3.20. The number of carbonyl (C=O) groups excluding carboxylic acids is 1. The van der Waals surface area contributed by atoms with Crippen LogP contribution in [0.15, 0.2) is 65.7 Å². The smallest absolute Gasteiger partial charge is 0.345 e. The van der Waals surface area contributed by atoms with Crippen molar-refractivity contribution in [3.63, 3.8) is 0 Å². The third kappa shape index (κ3) is 6.85. The summed E-state index contributed by atoms with van der Waals surface area (Å²) in [6, 6.07) is 18.3. The van der Waals surface area contributed by atoms with E-state index >= 15 is 0 Å². The number of esters is 1. The third-order valence-corrected chi connectivity index (χ3v) is 11.7. The van der Waals surface area contributed by atoms with Crippen molar-refractivity contribution in [1.29, 1.82) is 0 Å². The van der Waals surface area contributed by atoms with Crippen LogP contribution in [-0.2, 0) is 43.2 Å². The van der Waals surface area contributed by atoms with E-state index in [0.717, 1.165) is 5.56 Å². The number of hydrogen-bond acceptors (Lipinski definition) is 9. The minimum absolute atomic E-state index is 0.0285. The van der Waals surface area contributed by atoms with E-state index in [0.29, 0.717) is 5.56 Å². The van der Waals surface area contributed by atoms with Gasteiger partial charge < -0.3 is 22.8 Å². The van der Waals surface area contributed by atoms with Gasteiger partial charge in [0.05, 0.1) is 26.4 Å². The van der Waals surface area contributed by atoms with E-state index in [2.05, 4.69) is 0 Å². The molecule has 11 heteroatoms. The van der Waals surface area contributed by atoms with Gasteiger partial charge in [0, 0.05) is 18.4 Å². The highest BCUT2D eigenvalue weighted by molar-refractivity contribution is 7.72. The first kappa shape index (κ1) is 29.4. The highest BCUT2D eigenvalue weighted by Crippen LogP contribution is 2.72. The topological polar surface area (TPSA) is 110 Å². The Morgan fingerprint density at radius 2 is 1.24 bits per heavy atom. The Balaban J connectivity index is 2.20. The molecule has 0 saturated heterocycles. The molecule has 1 heterocycles. The minimum atomic E-state index is -4.12. The van der Waals surface area contributed by atoms with Crippen LogP contribution in [0.3, 0.4) is 0 Å². The molecule has 0 amide bonds. The molecule has 202 valence electrons. The molecule has 0 radical (unpaired) electrons. The molecule has 2 aromatic rings. The van der Waals surface area contributed by atoms with E-state index in [1.807, 2.05) is 48.5 Å². The van der Waals surface area contributed by atoms with Crippen LogP contribution in [0.4, 0.5) is 0 Å². The van der Waals surface area contributed by atoms with Gasteiger partial charge in [0.25, 0.3) is 0 Å². The van der Waals surface area contributed by atoms with Gasteiger partial charge in [-0.1, -0.05) is 48.5 Å². The van der Waals surface area contributed by atoms with Crippen LogP contribution in [0, 0.1) is 0 Å². The maximum Gasteiger partial charge on any atom is 0.345 e. The number of carbonyl (C=O) groups is 1. The Bertz CT molecular complexity index is 1110. The third-order valence-electron chi connectivity index (χ3n) is 5.73. The summed E-state index contributed by atoms with van der Waals surface area (Å²) in [6.45, 7) is 6.74. The fraction of sp³-hybridized carbons (Fsp3) is 0.462. The second-order valence-corrected chi connectivity index (χ2v) is 13.1. The van der Waals surface area contributed by atoms with Crippen LogP contribution in [0.25, 0.3) is 0 Å². The van der Waals surface area contributed by atoms with E-state index in [1.165, 1.54) is 0 Å². The first-order valence-electron chi connectivity index (χ1n) is 12.4. The maximum atomic E-state index is 14.2. The molecule has 3 rings (SSSR count). The fourth-order valence-electron chi connectivity index (χ4n) is 4.23. The number of aliphatic imine (C=N–C) groups is 1. The molecular weight excluding hydrogens is 516 g/mol. The SMILES string of the molecule is CCOP(=O)(OCC)C(CC1(Cc2ccccc2)N=C(c2ccccc2)OC1=O)P(=O)(OCC)OCC. The summed E-state index contributed by atoms with van der Waals surface area (Å²) in [5.74, 6) is -0.523. The van der Waals surface area contributed by atoms with Gasteiger partial charge in [0.2, 0.25) is 5.90 Å². The molecule has 1 aliphatic rings. The summed E-state index contributed by atoms with van der Waals surface area (Å²) < 4.78 is 56.5. The molecule has 1 unspecified atom stereocenters. The summed E-state index contributed by atoms with van der Waals surface area (Å²) in [5.41, 5.74) is -0.176. The van der Waals surface area contributed by atoms with E-state index in [1.54, 1.807) is 39.8 Å². The van der Waals surface area contributed by atoms with Crippen molar-refractivity contribution in [2.75, 3.05) is 26.4 Å². The number of nitrogens with zero attached hydrogens (tertiary/aromatic N) is 1. The van der Waals surface area contributed by atoms with E-state index < -0.39 is 32.1 Å². The van der Waals surface area contributed by atoms with Crippen LogP contribution < -0.4 is 0 Å². The molecule has 1 aliphatic heterocycles. The zero-order valence-corrected chi connectivity index (χ0v) is 23.5. The number of ether oxygens (including phenoxy) is 1. The predicted molar refractivity (Wildman–Crippen MR) is 142 cm³/mol. The molecule has 0 fully saturated rings. The predicted octanol–water partition coefficient (Wildman–Crippen LogP) is 6.22. The zero-order chi connectivity index (χ0) is 26.9. The second kappa shape index (κ2) is 13.1. The molecule has 0 aromatic heterocycles. The van der Waals surface area contributed by atoms with Crippen molar-refractivity contribution in [2.45, 2.75) is 51.5 Å². The number of rotatable bonds is 15. The van der Waals surface area contributed by atoms with Crippen LogP contribution >= 0.6 is 15.2 Å². The standard InChI is InChI=1S/C26H35NO8P2/c1-5-31-36(29,32-6-2)23(37(30,33-7-3)34-8-4)20-26(19-21-15-11-9-12-16-21)25(28)35-24(27-26)22-17-13-10-14-18-22/h9-18,23H,5-8,19-20H2,1-4H3.